The number of carbonyl (C=O) groups excluding carboxylic acids is 1. The molecule has 0 heterocycles. The Morgan fingerprint density at radius 1 is 1.38 bits per heavy atom. The Labute approximate surface area is 107 Å². The summed E-state index contributed by atoms with van der Waals surface area (Å²) in [5.41, 5.74) is 0. The molecule has 0 aliphatic carbocycles. The summed E-state index contributed by atoms with van der Waals surface area (Å²) in [6.07, 6.45) is 8.19. The topological polar surface area (TPSA) is 26.3 Å². The molecule has 2 nitrogen and oxygen atoms in total. The first-order valence-electron chi connectivity index (χ1n) is 4.35. The molecule has 0 aromatic carbocycles. The van der Waals surface area contributed by atoms with Crippen LogP contribution in [0.5, 0.6) is 0 Å². The summed E-state index contributed by atoms with van der Waals surface area (Å²) in [5.74, 6) is -0.253. The van der Waals surface area contributed by atoms with E-state index in [4.69, 9.17) is 0 Å². The van der Waals surface area contributed by atoms with Crippen molar-refractivity contribution in [2.75, 3.05) is 7.11 Å². The average molecular weight is 348 g/mol. The van der Waals surface area contributed by atoms with Crippen LogP contribution in [0.4, 0.5) is 0 Å². The fourth-order valence-electron chi connectivity index (χ4n) is 0.863. The van der Waals surface area contributed by atoms with E-state index < -0.39 is 0 Å². The molecule has 0 amide bonds. The van der Waals surface area contributed by atoms with Crippen molar-refractivity contribution in [1.82, 2.24) is 0 Å². The maximum absolute atomic E-state index is 10.6. The molecule has 0 spiro atoms. The van der Waals surface area contributed by atoms with Crippen molar-refractivity contribution in [1.29, 1.82) is 0 Å². The minimum atomic E-state index is -0.253. The fourth-order valence-corrected chi connectivity index (χ4v) is 1.61. The largest absolute Gasteiger partial charge is 1.00 e. The number of allylic oxidation sites excluding steroid dienone is 1. The Morgan fingerprint density at radius 2 is 2.08 bits per heavy atom. The van der Waals surface area contributed by atoms with Crippen molar-refractivity contribution in [3.8, 4) is 0 Å². The quantitative estimate of drug-likeness (QED) is 0.208. The molecule has 0 aromatic rings. The van der Waals surface area contributed by atoms with Crippen LogP contribution in [0, 0.1) is 0 Å². The van der Waals surface area contributed by atoms with Crippen LogP contribution in [0.2, 0.25) is 5.02 Å². The molecule has 0 N–H and O–H groups in total. The summed E-state index contributed by atoms with van der Waals surface area (Å²) in [6, 6.07) is 0. The van der Waals surface area contributed by atoms with Crippen molar-refractivity contribution in [3.05, 3.63) is 12.2 Å². The predicted molar refractivity (Wildman–Crippen MR) is 44.4 cm³/mol. The van der Waals surface area contributed by atoms with Crippen molar-refractivity contribution < 1.29 is 51.8 Å². The molecule has 4 heteroatoms. The second-order valence-corrected chi connectivity index (χ2v) is 4.11. The standard InChI is InChI=1S/C9H15O2.HI.Zn/c1-3-4-5-6-7-8-9(10)11-2;;/h7-8H,1,3-6H2,2H3;1H;/q;;+1/p-1. The maximum Gasteiger partial charge on any atom is -1.00 e. The number of rotatable bonds is 6. The number of ether oxygens (including phenoxy) is 1. The number of carbonyl (C=O) groups is 1. The second kappa shape index (κ2) is 12.6. The smallest absolute Gasteiger partial charge is 1.00 e. The van der Waals surface area contributed by atoms with E-state index in [2.05, 4.69) is 4.74 Å². The Hall–Kier alpha value is 0.563. The number of methoxy groups -OCH3 is 1. The molecule has 0 fully saturated rings. The van der Waals surface area contributed by atoms with Crippen molar-refractivity contribution in [2.45, 2.75) is 30.7 Å². The van der Waals surface area contributed by atoms with E-state index in [-0.39, 0.29) is 29.9 Å². The van der Waals surface area contributed by atoms with E-state index in [0.29, 0.717) is 0 Å². The van der Waals surface area contributed by atoms with Gasteiger partial charge in [0.15, 0.2) is 0 Å². The summed E-state index contributed by atoms with van der Waals surface area (Å²) in [5, 5.41) is 1.38. The van der Waals surface area contributed by atoms with Gasteiger partial charge in [0, 0.05) is 0 Å². The van der Waals surface area contributed by atoms with Crippen molar-refractivity contribution in [3.63, 3.8) is 0 Å². The molecule has 0 rings (SSSR count). The maximum atomic E-state index is 10.6. The van der Waals surface area contributed by atoms with Gasteiger partial charge in [0.05, 0.1) is 0 Å². The van der Waals surface area contributed by atoms with Gasteiger partial charge in [0.2, 0.25) is 0 Å². The Balaban J connectivity index is 0. The van der Waals surface area contributed by atoms with Crippen LogP contribution in [-0.4, -0.2) is 13.1 Å². The number of halogens is 1. The summed E-state index contributed by atoms with van der Waals surface area (Å²) in [6.45, 7) is 0. The second-order valence-electron chi connectivity index (χ2n) is 2.63. The molecule has 0 atom stereocenters. The first-order valence-corrected chi connectivity index (χ1v) is 6.44. The van der Waals surface area contributed by atoms with Crippen LogP contribution in [0.25, 0.3) is 0 Å². The van der Waals surface area contributed by atoms with E-state index in [1.54, 1.807) is 0 Å². The summed E-state index contributed by atoms with van der Waals surface area (Å²) < 4.78 is 4.46. The van der Waals surface area contributed by atoms with Crippen LogP contribution < -0.4 is 24.0 Å². The third-order valence-corrected chi connectivity index (χ3v) is 2.62. The van der Waals surface area contributed by atoms with E-state index in [9.17, 15) is 4.79 Å². The van der Waals surface area contributed by atoms with Gasteiger partial charge in [-0.3, -0.25) is 0 Å². The Bertz CT molecular complexity index is 149. The SMILES string of the molecule is COC(=O)C=CCCCC[CH2][Zn+].[I-]. The third-order valence-electron chi connectivity index (χ3n) is 1.58. The zero-order valence-corrected chi connectivity index (χ0v) is 13.2. The summed E-state index contributed by atoms with van der Waals surface area (Å²) >= 11 is 1.40. The van der Waals surface area contributed by atoms with Gasteiger partial charge in [-0.2, -0.15) is 0 Å². The van der Waals surface area contributed by atoms with Gasteiger partial charge in [-0.25, -0.2) is 0 Å². The Morgan fingerprint density at radius 3 is 2.62 bits per heavy atom. The summed E-state index contributed by atoms with van der Waals surface area (Å²) in [7, 11) is 1.40. The van der Waals surface area contributed by atoms with Gasteiger partial charge >= 0.3 is 83.8 Å². The molecule has 0 bridgehead atoms. The van der Waals surface area contributed by atoms with E-state index >= 15 is 0 Å². The number of hydrogen-bond acceptors (Lipinski definition) is 2. The van der Waals surface area contributed by atoms with E-state index in [1.165, 1.54) is 55.8 Å². The van der Waals surface area contributed by atoms with Crippen molar-refractivity contribution >= 4 is 5.97 Å². The van der Waals surface area contributed by atoms with Crippen LogP contribution >= 0.6 is 0 Å². The van der Waals surface area contributed by atoms with Gasteiger partial charge in [-0.1, -0.05) is 0 Å². The zero-order chi connectivity index (χ0) is 9.23. The van der Waals surface area contributed by atoms with Crippen LogP contribution in [0.1, 0.15) is 25.7 Å². The molecule has 0 aliphatic rings. The van der Waals surface area contributed by atoms with Crippen molar-refractivity contribution in [2.24, 2.45) is 0 Å². The predicted octanol–water partition coefficient (Wildman–Crippen LogP) is -0.755. The van der Waals surface area contributed by atoms with Crippen LogP contribution in [-0.2, 0) is 27.8 Å². The number of unbranched alkanes of at least 4 members (excludes halogenated alkanes) is 3. The molecule has 13 heavy (non-hydrogen) atoms. The molecule has 72 valence electrons. The first kappa shape index (κ1) is 16.0. The minimum absolute atomic E-state index is 0. The summed E-state index contributed by atoms with van der Waals surface area (Å²) in [4.78, 5) is 10.6. The molecule has 0 saturated heterocycles. The average Bonchev–Trinajstić information content (AvgIpc) is 2.10. The molecule has 0 unspecified atom stereocenters. The Kier molecular flexibility index (Phi) is 15.5. The molecular formula is C9H15IO2Zn. The molecule has 0 aliphatic heterocycles. The van der Waals surface area contributed by atoms with Gasteiger partial charge in [-0.05, 0) is 0 Å². The minimum Gasteiger partial charge on any atom is -1.00 e. The molecule has 0 saturated carbocycles. The van der Waals surface area contributed by atoms with Gasteiger partial charge in [0.25, 0.3) is 0 Å². The normalized spacial score (nSPS) is 9.77. The zero-order valence-electron chi connectivity index (χ0n) is 8.09. The monoisotopic (exact) mass is 346 g/mol. The van der Waals surface area contributed by atoms with E-state index in [1.807, 2.05) is 6.08 Å². The van der Waals surface area contributed by atoms with Crippen LogP contribution in [0.15, 0.2) is 12.2 Å². The van der Waals surface area contributed by atoms with Gasteiger partial charge in [-0.15, -0.1) is 0 Å². The van der Waals surface area contributed by atoms with Crippen LogP contribution in [0.3, 0.4) is 0 Å². The number of esters is 1. The molecule has 0 radical (unpaired) electrons. The van der Waals surface area contributed by atoms with Gasteiger partial charge in [0.1, 0.15) is 0 Å². The number of hydrogen-bond donors (Lipinski definition) is 0. The third kappa shape index (κ3) is 12.6. The molecular weight excluding hydrogens is 332 g/mol. The first-order chi connectivity index (χ1) is 5.81. The fraction of sp³-hybridized carbons (Fsp3) is 0.667. The van der Waals surface area contributed by atoms with E-state index in [0.717, 1.165) is 6.42 Å². The van der Waals surface area contributed by atoms with Gasteiger partial charge < -0.3 is 24.0 Å². The molecule has 0 aromatic heterocycles.